The summed E-state index contributed by atoms with van der Waals surface area (Å²) in [5, 5.41) is 0. The van der Waals surface area contributed by atoms with Crippen molar-refractivity contribution in [3.8, 4) is 0 Å². The Morgan fingerprint density at radius 1 is 1.36 bits per heavy atom. The number of carbonyl (C=O) groups is 1. The van der Waals surface area contributed by atoms with Gasteiger partial charge in [0, 0.05) is 19.1 Å². The second-order valence-electron chi connectivity index (χ2n) is 5.44. The highest BCUT2D eigenvalue weighted by Gasteiger charge is 2.29. The quantitative estimate of drug-likeness (QED) is 0.838. The maximum Gasteiger partial charge on any atom is 0.244 e. The summed E-state index contributed by atoms with van der Waals surface area (Å²) in [5.41, 5.74) is 5.78. The number of hydrogen-bond acceptors (Lipinski definition) is 4. The summed E-state index contributed by atoms with van der Waals surface area (Å²) in [6.45, 7) is 2.47. The first kappa shape index (κ1) is 16.9. The van der Waals surface area contributed by atoms with E-state index in [1.165, 1.54) is 19.1 Å². The molecule has 0 aliphatic carbocycles. The number of carbonyl (C=O) groups excluding carboxylic acids is 1. The molecule has 122 valence electrons. The van der Waals surface area contributed by atoms with Crippen molar-refractivity contribution in [1.29, 1.82) is 0 Å². The molecule has 0 spiro atoms. The van der Waals surface area contributed by atoms with E-state index < -0.39 is 26.8 Å². The van der Waals surface area contributed by atoms with E-state index in [1.54, 1.807) is 4.90 Å². The number of rotatable bonds is 4. The lowest BCUT2D eigenvalue weighted by molar-refractivity contribution is -0.133. The normalized spacial score (nSPS) is 18.2. The average Bonchev–Trinajstić information content (AvgIpc) is 2.47. The Labute approximate surface area is 129 Å². The molecule has 3 N–H and O–H groups in total. The van der Waals surface area contributed by atoms with Crippen LogP contribution in [0.3, 0.4) is 0 Å². The molecule has 22 heavy (non-hydrogen) atoms. The van der Waals surface area contributed by atoms with Gasteiger partial charge in [-0.15, -0.1) is 0 Å². The molecule has 1 aliphatic rings. The molecule has 0 aromatic heterocycles. The van der Waals surface area contributed by atoms with E-state index in [1.807, 2.05) is 0 Å². The molecule has 1 aromatic carbocycles. The summed E-state index contributed by atoms with van der Waals surface area (Å²) in [4.78, 5) is 13.4. The minimum Gasteiger partial charge on any atom is -0.341 e. The van der Waals surface area contributed by atoms with Crippen molar-refractivity contribution in [2.75, 3.05) is 13.1 Å². The summed E-state index contributed by atoms with van der Waals surface area (Å²) in [5.74, 6) is -1.18. The third-order valence-corrected chi connectivity index (χ3v) is 5.25. The molecule has 1 aliphatic heterocycles. The summed E-state index contributed by atoms with van der Waals surface area (Å²) in [6.07, 6.45) is 1.39. The maximum atomic E-state index is 13.6. The SMILES string of the molecule is CC(NS(=O)(=O)c1ccccc1F)C(=O)N1CCC(N)CC1. The summed E-state index contributed by atoms with van der Waals surface area (Å²) in [6, 6.07) is 4.17. The van der Waals surface area contributed by atoms with E-state index in [0.717, 1.165) is 12.1 Å². The van der Waals surface area contributed by atoms with Crippen molar-refractivity contribution in [1.82, 2.24) is 9.62 Å². The van der Waals surface area contributed by atoms with Crippen LogP contribution in [0.25, 0.3) is 0 Å². The van der Waals surface area contributed by atoms with E-state index in [9.17, 15) is 17.6 Å². The van der Waals surface area contributed by atoms with Gasteiger partial charge < -0.3 is 10.6 Å². The van der Waals surface area contributed by atoms with Crippen molar-refractivity contribution >= 4 is 15.9 Å². The zero-order valence-corrected chi connectivity index (χ0v) is 13.1. The number of nitrogens with one attached hydrogen (secondary N) is 1. The number of sulfonamides is 1. The summed E-state index contributed by atoms with van der Waals surface area (Å²) in [7, 11) is -4.08. The topological polar surface area (TPSA) is 92.5 Å². The number of nitrogens with two attached hydrogens (primary N) is 1. The minimum absolute atomic E-state index is 0.0782. The van der Waals surface area contributed by atoms with Crippen molar-refractivity contribution < 1.29 is 17.6 Å². The molecule has 1 fully saturated rings. The van der Waals surface area contributed by atoms with Crippen molar-refractivity contribution in [2.45, 2.75) is 36.7 Å². The monoisotopic (exact) mass is 329 g/mol. The fraction of sp³-hybridized carbons (Fsp3) is 0.500. The van der Waals surface area contributed by atoms with Crippen LogP contribution in [0.15, 0.2) is 29.2 Å². The van der Waals surface area contributed by atoms with E-state index in [0.29, 0.717) is 25.9 Å². The molecule has 1 atom stereocenters. The fourth-order valence-corrected chi connectivity index (χ4v) is 3.68. The van der Waals surface area contributed by atoms with Gasteiger partial charge in [-0.3, -0.25) is 4.79 Å². The lowest BCUT2D eigenvalue weighted by Crippen LogP contribution is -2.50. The van der Waals surface area contributed by atoms with E-state index >= 15 is 0 Å². The van der Waals surface area contributed by atoms with Gasteiger partial charge in [0.05, 0.1) is 6.04 Å². The number of piperidine rings is 1. The minimum atomic E-state index is -4.08. The molecule has 1 saturated heterocycles. The smallest absolute Gasteiger partial charge is 0.244 e. The number of halogens is 1. The highest BCUT2D eigenvalue weighted by molar-refractivity contribution is 7.89. The molecule has 1 aromatic rings. The van der Waals surface area contributed by atoms with Crippen LogP contribution in [0.1, 0.15) is 19.8 Å². The van der Waals surface area contributed by atoms with Crippen LogP contribution >= 0.6 is 0 Å². The zero-order chi connectivity index (χ0) is 16.3. The van der Waals surface area contributed by atoms with E-state index in [-0.39, 0.29) is 11.9 Å². The fourth-order valence-electron chi connectivity index (χ4n) is 2.40. The number of benzene rings is 1. The highest BCUT2D eigenvalue weighted by Crippen LogP contribution is 2.15. The lowest BCUT2D eigenvalue weighted by atomic mass is 10.1. The molecule has 0 radical (unpaired) electrons. The van der Waals surface area contributed by atoms with Gasteiger partial charge in [-0.05, 0) is 31.9 Å². The average molecular weight is 329 g/mol. The van der Waals surface area contributed by atoms with Crippen LogP contribution in [0.5, 0.6) is 0 Å². The first-order valence-corrected chi connectivity index (χ1v) is 8.61. The second-order valence-corrected chi connectivity index (χ2v) is 7.12. The maximum absolute atomic E-state index is 13.6. The van der Waals surface area contributed by atoms with Gasteiger partial charge in [0.15, 0.2) is 0 Å². The van der Waals surface area contributed by atoms with Crippen LogP contribution < -0.4 is 10.5 Å². The van der Waals surface area contributed by atoms with E-state index in [2.05, 4.69) is 4.72 Å². The third kappa shape index (κ3) is 3.82. The molecular formula is C14H20FN3O3S. The van der Waals surface area contributed by atoms with Gasteiger partial charge in [-0.25, -0.2) is 12.8 Å². The first-order valence-electron chi connectivity index (χ1n) is 7.12. The Bertz CT molecular complexity index is 642. The standard InChI is InChI=1S/C14H20FN3O3S/c1-10(14(19)18-8-6-11(16)7-9-18)17-22(20,21)13-5-3-2-4-12(13)15/h2-5,10-11,17H,6-9,16H2,1H3. The van der Waals surface area contributed by atoms with Gasteiger partial charge in [0.1, 0.15) is 10.7 Å². The first-order chi connectivity index (χ1) is 10.3. The third-order valence-electron chi connectivity index (χ3n) is 3.68. The predicted octanol–water partition coefficient (Wildman–Crippen LogP) is 0.442. The van der Waals surface area contributed by atoms with Crippen molar-refractivity contribution in [3.05, 3.63) is 30.1 Å². The van der Waals surface area contributed by atoms with Crippen LogP contribution in [-0.2, 0) is 14.8 Å². The highest BCUT2D eigenvalue weighted by atomic mass is 32.2. The Kier molecular flexibility index (Phi) is 5.15. The molecule has 0 saturated carbocycles. The van der Waals surface area contributed by atoms with Crippen LogP contribution in [0, 0.1) is 5.82 Å². The van der Waals surface area contributed by atoms with Crippen LogP contribution in [-0.4, -0.2) is 44.4 Å². The Hall–Kier alpha value is -1.51. The summed E-state index contributed by atoms with van der Waals surface area (Å²) >= 11 is 0. The van der Waals surface area contributed by atoms with Gasteiger partial charge in [0.2, 0.25) is 15.9 Å². The largest absolute Gasteiger partial charge is 0.341 e. The molecule has 1 amide bonds. The van der Waals surface area contributed by atoms with Gasteiger partial charge >= 0.3 is 0 Å². The Morgan fingerprint density at radius 3 is 2.55 bits per heavy atom. The second kappa shape index (κ2) is 6.72. The number of likely N-dealkylation sites (tertiary alicyclic amines) is 1. The number of nitrogens with zero attached hydrogens (tertiary/aromatic N) is 1. The van der Waals surface area contributed by atoms with E-state index in [4.69, 9.17) is 5.73 Å². The Morgan fingerprint density at radius 2 is 1.95 bits per heavy atom. The van der Waals surface area contributed by atoms with Crippen molar-refractivity contribution in [3.63, 3.8) is 0 Å². The number of hydrogen-bond donors (Lipinski definition) is 2. The summed E-state index contributed by atoms with van der Waals surface area (Å²) < 4.78 is 40.2. The molecule has 6 nitrogen and oxygen atoms in total. The van der Waals surface area contributed by atoms with Gasteiger partial charge in [-0.1, -0.05) is 12.1 Å². The molecular weight excluding hydrogens is 309 g/mol. The number of amides is 1. The molecule has 0 bridgehead atoms. The van der Waals surface area contributed by atoms with Gasteiger partial charge in [0.25, 0.3) is 0 Å². The lowest BCUT2D eigenvalue weighted by Gasteiger charge is -2.32. The van der Waals surface area contributed by atoms with Crippen LogP contribution in [0.4, 0.5) is 4.39 Å². The molecule has 8 heteroatoms. The molecule has 1 heterocycles. The predicted molar refractivity (Wildman–Crippen MR) is 80.0 cm³/mol. The molecule has 2 rings (SSSR count). The van der Waals surface area contributed by atoms with Gasteiger partial charge in [-0.2, -0.15) is 4.72 Å². The van der Waals surface area contributed by atoms with Crippen molar-refractivity contribution in [2.24, 2.45) is 5.73 Å². The zero-order valence-electron chi connectivity index (χ0n) is 12.3. The van der Waals surface area contributed by atoms with Crippen LogP contribution in [0.2, 0.25) is 0 Å². The Balaban J connectivity index is 2.06. The molecule has 1 unspecified atom stereocenters.